The molecule has 0 bridgehead atoms. The molecule has 0 heterocycles. The number of hydrogen-bond donors (Lipinski definition) is 1. The summed E-state index contributed by atoms with van der Waals surface area (Å²) >= 11 is 0. The van der Waals surface area contributed by atoms with Crippen LogP contribution in [0.1, 0.15) is 33.1 Å². The van der Waals surface area contributed by atoms with E-state index >= 15 is 0 Å². The van der Waals surface area contributed by atoms with Crippen molar-refractivity contribution in [3.63, 3.8) is 0 Å². The van der Waals surface area contributed by atoms with Gasteiger partial charge in [-0.1, -0.05) is 13.8 Å². The van der Waals surface area contributed by atoms with Gasteiger partial charge in [-0.15, -0.1) is 0 Å². The van der Waals surface area contributed by atoms with Crippen LogP contribution < -0.4 is 0 Å². The molecular weight excluding hydrogens is 143 g/mol. The van der Waals surface area contributed by atoms with Crippen molar-refractivity contribution < 1.29 is 9.50 Å². The minimum absolute atomic E-state index is 0.480. The highest BCUT2D eigenvalue weighted by Gasteiger charge is 2.30. The number of rotatable bonds is 1. The maximum atomic E-state index is 12.9. The smallest absolute Gasteiger partial charge is 0.126 e. The summed E-state index contributed by atoms with van der Waals surface area (Å²) in [6, 6.07) is 0. The van der Waals surface area contributed by atoms with Gasteiger partial charge in [0.15, 0.2) is 0 Å². The molecule has 1 aliphatic carbocycles. The average molecular weight is 160 g/mol. The van der Waals surface area contributed by atoms with Crippen LogP contribution in [0.15, 0.2) is 0 Å². The Bertz CT molecular complexity index is 125. The largest absolute Gasteiger partial charge is 0.390 e. The SMILES string of the molecule is CC(C)C1CC[C@@H](O)C(F)C1. The molecule has 1 rings (SSSR count). The van der Waals surface area contributed by atoms with Crippen molar-refractivity contribution in [2.45, 2.75) is 45.4 Å². The fourth-order valence-electron chi connectivity index (χ4n) is 1.74. The fourth-order valence-corrected chi connectivity index (χ4v) is 1.74. The van der Waals surface area contributed by atoms with Gasteiger partial charge in [0.2, 0.25) is 0 Å². The predicted octanol–water partition coefficient (Wildman–Crippen LogP) is 2.14. The Kier molecular flexibility index (Phi) is 2.88. The number of aliphatic hydroxyl groups is 1. The lowest BCUT2D eigenvalue weighted by molar-refractivity contribution is 0.0156. The lowest BCUT2D eigenvalue weighted by atomic mass is 9.80. The van der Waals surface area contributed by atoms with Crippen LogP contribution in [0.5, 0.6) is 0 Å². The standard InChI is InChI=1S/C9H17FO/c1-6(2)7-3-4-9(11)8(10)5-7/h6-9,11H,3-5H2,1-2H3/t7?,8?,9-/m1/s1. The van der Waals surface area contributed by atoms with Crippen LogP contribution >= 0.6 is 0 Å². The quantitative estimate of drug-likeness (QED) is 0.623. The molecule has 0 aliphatic heterocycles. The fraction of sp³-hybridized carbons (Fsp3) is 1.00. The first-order valence-corrected chi connectivity index (χ1v) is 4.43. The third-order valence-electron chi connectivity index (χ3n) is 2.72. The summed E-state index contributed by atoms with van der Waals surface area (Å²) in [5.74, 6) is 1.04. The third-order valence-corrected chi connectivity index (χ3v) is 2.72. The van der Waals surface area contributed by atoms with Gasteiger partial charge >= 0.3 is 0 Å². The average Bonchev–Trinajstić information content (AvgIpc) is 1.94. The zero-order valence-electron chi connectivity index (χ0n) is 7.26. The minimum Gasteiger partial charge on any atom is -0.390 e. The van der Waals surface area contributed by atoms with Crippen molar-refractivity contribution in [1.82, 2.24) is 0 Å². The minimum atomic E-state index is -0.976. The van der Waals surface area contributed by atoms with Crippen molar-refractivity contribution in [1.29, 1.82) is 0 Å². The molecule has 0 amide bonds. The maximum absolute atomic E-state index is 12.9. The van der Waals surface area contributed by atoms with Crippen LogP contribution in [0.2, 0.25) is 0 Å². The van der Waals surface area contributed by atoms with Crippen LogP contribution in [0.4, 0.5) is 4.39 Å². The highest BCUT2D eigenvalue weighted by Crippen LogP contribution is 2.31. The van der Waals surface area contributed by atoms with Gasteiger partial charge in [0.05, 0.1) is 6.10 Å². The molecule has 3 atom stereocenters. The van der Waals surface area contributed by atoms with E-state index in [1.54, 1.807) is 0 Å². The number of alkyl halides is 1. The van der Waals surface area contributed by atoms with Crippen molar-refractivity contribution in [2.75, 3.05) is 0 Å². The molecule has 1 fully saturated rings. The second-order valence-electron chi connectivity index (χ2n) is 3.90. The van der Waals surface area contributed by atoms with E-state index in [2.05, 4.69) is 13.8 Å². The molecule has 1 saturated carbocycles. The summed E-state index contributed by atoms with van der Waals surface area (Å²) in [4.78, 5) is 0. The maximum Gasteiger partial charge on any atom is 0.126 e. The highest BCUT2D eigenvalue weighted by atomic mass is 19.1. The summed E-state index contributed by atoms with van der Waals surface area (Å²) in [5, 5.41) is 9.10. The Balaban J connectivity index is 2.40. The van der Waals surface area contributed by atoms with Crippen molar-refractivity contribution >= 4 is 0 Å². The number of hydrogen-bond acceptors (Lipinski definition) is 1. The van der Waals surface area contributed by atoms with Crippen LogP contribution in [-0.4, -0.2) is 17.4 Å². The number of aliphatic hydroxyl groups excluding tert-OH is 1. The van der Waals surface area contributed by atoms with Crippen LogP contribution in [0.25, 0.3) is 0 Å². The van der Waals surface area contributed by atoms with Gasteiger partial charge in [-0.3, -0.25) is 0 Å². The van der Waals surface area contributed by atoms with E-state index in [0.29, 0.717) is 24.7 Å². The van der Waals surface area contributed by atoms with Crippen molar-refractivity contribution in [2.24, 2.45) is 11.8 Å². The molecule has 0 spiro atoms. The molecule has 1 nitrogen and oxygen atoms in total. The molecule has 2 heteroatoms. The Morgan fingerprint density at radius 3 is 2.45 bits per heavy atom. The molecule has 0 saturated heterocycles. The van der Waals surface area contributed by atoms with Gasteiger partial charge in [-0.25, -0.2) is 4.39 Å². The van der Waals surface area contributed by atoms with Crippen LogP contribution in [0, 0.1) is 11.8 Å². The van der Waals surface area contributed by atoms with Gasteiger partial charge in [-0.2, -0.15) is 0 Å². The molecule has 11 heavy (non-hydrogen) atoms. The first-order chi connectivity index (χ1) is 5.11. The van der Waals surface area contributed by atoms with Crippen LogP contribution in [-0.2, 0) is 0 Å². The topological polar surface area (TPSA) is 20.2 Å². The van der Waals surface area contributed by atoms with Crippen molar-refractivity contribution in [3.8, 4) is 0 Å². The monoisotopic (exact) mass is 160 g/mol. The Labute approximate surface area is 67.6 Å². The summed E-state index contributed by atoms with van der Waals surface area (Å²) in [5.41, 5.74) is 0. The lowest BCUT2D eigenvalue weighted by Crippen LogP contribution is -2.32. The molecule has 0 aromatic heterocycles. The molecule has 66 valence electrons. The summed E-state index contributed by atoms with van der Waals surface area (Å²) in [6.07, 6.45) is 0.517. The second kappa shape index (κ2) is 3.53. The lowest BCUT2D eigenvalue weighted by Gasteiger charge is -2.30. The van der Waals surface area contributed by atoms with E-state index < -0.39 is 12.3 Å². The summed E-state index contributed by atoms with van der Waals surface area (Å²) < 4.78 is 12.9. The van der Waals surface area contributed by atoms with Crippen molar-refractivity contribution in [3.05, 3.63) is 0 Å². The molecule has 0 aromatic rings. The molecule has 2 unspecified atom stereocenters. The van der Waals surface area contributed by atoms with E-state index in [9.17, 15) is 4.39 Å². The molecular formula is C9H17FO. The Morgan fingerprint density at radius 2 is 2.00 bits per heavy atom. The van der Waals surface area contributed by atoms with Gasteiger partial charge in [-0.05, 0) is 31.1 Å². The van der Waals surface area contributed by atoms with Gasteiger partial charge in [0.25, 0.3) is 0 Å². The van der Waals surface area contributed by atoms with E-state index in [4.69, 9.17) is 5.11 Å². The molecule has 0 aromatic carbocycles. The van der Waals surface area contributed by atoms with Crippen LogP contribution in [0.3, 0.4) is 0 Å². The van der Waals surface area contributed by atoms with E-state index in [-0.39, 0.29) is 0 Å². The zero-order chi connectivity index (χ0) is 8.43. The summed E-state index contributed by atoms with van der Waals surface area (Å²) in [7, 11) is 0. The van der Waals surface area contributed by atoms with E-state index in [1.807, 2.05) is 0 Å². The Hall–Kier alpha value is -0.110. The van der Waals surface area contributed by atoms with Gasteiger partial charge < -0.3 is 5.11 Å². The van der Waals surface area contributed by atoms with Gasteiger partial charge in [0, 0.05) is 0 Å². The molecule has 1 N–H and O–H groups in total. The first-order valence-electron chi connectivity index (χ1n) is 4.43. The highest BCUT2D eigenvalue weighted by molar-refractivity contribution is 4.80. The van der Waals surface area contributed by atoms with E-state index in [0.717, 1.165) is 6.42 Å². The third kappa shape index (κ3) is 2.16. The molecule has 0 radical (unpaired) electrons. The summed E-state index contributed by atoms with van der Waals surface area (Å²) in [6.45, 7) is 4.24. The first kappa shape index (κ1) is 8.98. The Morgan fingerprint density at radius 1 is 1.36 bits per heavy atom. The second-order valence-corrected chi connectivity index (χ2v) is 3.90. The molecule has 1 aliphatic rings. The van der Waals surface area contributed by atoms with E-state index in [1.165, 1.54) is 0 Å². The normalized spacial score (nSPS) is 39.5. The van der Waals surface area contributed by atoms with Gasteiger partial charge in [0.1, 0.15) is 6.17 Å². The zero-order valence-corrected chi connectivity index (χ0v) is 7.26. The predicted molar refractivity (Wildman–Crippen MR) is 43.1 cm³/mol. The number of halogens is 1.